The van der Waals surface area contributed by atoms with Gasteiger partial charge < -0.3 is 28.7 Å². The number of hydrogen-bond donors (Lipinski definition) is 0. The predicted molar refractivity (Wildman–Crippen MR) is 214 cm³/mol. The van der Waals surface area contributed by atoms with Gasteiger partial charge in [-0.2, -0.15) is 0 Å². The molecule has 0 N–H and O–H groups in total. The Hall–Kier alpha value is -5.44. The number of hydrogen-bond acceptors (Lipinski definition) is 6. The number of rotatable bonds is 18. The maximum atomic E-state index is 14.1. The SMILES string of the molecule is CCCCN(C(=O)c1ccc(-c2ccc(OCC3CO3)cc2)cc1)c1cccc(N(CCCC)C(=O)c2ccc(-c3ccc(OCC4CO4)cc3)cc2)c1. The zero-order valence-electron chi connectivity index (χ0n) is 31.1. The van der Waals surface area contributed by atoms with Crippen molar-refractivity contribution in [2.45, 2.75) is 51.7 Å². The van der Waals surface area contributed by atoms with Gasteiger partial charge in [0.2, 0.25) is 0 Å². The summed E-state index contributed by atoms with van der Waals surface area (Å²) in [6.45, 7) is 8.05. The van der Waals surface area contributed by atoms with E-state index in [9.17, 15) is 9.59 Å². The summed E-state index contributed by atoms with van der Waals surface area (Å²) in [5, 5.41) is 0. The summed E-state index contributed by atoms with van der Waals surface area (Å²) in [6.07, 6.45) is 4.02. The van der Waals surface area contributed by atoms with Crippen molar-refractivity contribution in [1.82, 2.24) is 0 Å². The second kappa shape index (κ2) is 17.6. The molecule has 2 atom stereocenters. The summed E-state index contributed by atoms with van der Waals surface area (Å²) in [5.41, 5.74) is 6.89. The van der Waals surface area contributed by atoms with Gasteiger partial charge >= 0.3 is 0 Å². The summed E-state index contributed by atoms with van der Waals surface area (Å²) in [7, 11) is 0. The van der Waals surface area contributed by atoms with E-state index < -0.39 is 0 Å². The minimum Gasteiger partial charge on any atom is -0.491 e. The highest BCUT2D eigenvalue weighted by molar-refractivity contribution is 6.08. The Morgan fingerprint density at radius 2 is 0.907 bits per heavy atom. The average Bonchev–Trinajstić information content (AvgIpc) is 4.17. The second-order valence-electron chi connectivity index (χ2n) is 13.9. The first-order valence-corrected chi connectivity index (χ1v) is 19.1. The number of carbonyl (C=O) groups excluding carboxylic acids is 2. The molecular weight excluding hydrogens is 677 g/mol. The minimum absolute atomic E-state index is 0.0725. The average molecular weight is 725 g/mol. The Labute approximate surface area is 318 Å². The molecule has 278 valence electrons. The lowest BCUT2D eigenvalue weighted by atomic mass is 10.0. The third kappa shape index (κ3) is 9.56. The van der Waals surface area contributed by atoms with Gasteiger partial charge in [0, 0.05) is 35.6 Å². The van der Waals surface area contributed by atoms with Gasteiger partial charge in [-0.05, 0) is 102 Å². The summed E-state index contributed by atoms with van der Waals surface area (Å²) in [6, 6.07) is 39.3. The van der Waals surface area contributed by atoms with Crippen LogP contribution < -0.4 is 19.3 Å². The molecule has 2 saturated heterocycles. The van der Waals surface area contributed by atoms with E-state index in [1.165, 1.54) is 0 Å². The van der Waals surface area contributed by atoms with Crippen LogP contribution in [0.4, 0.5) is 11.4 Å². The van der Waals surface area contributed by atoms with Crippen LogP contribution in [0, 0.1) is 0 Å². The van der Waals surface area contributed by atoms with Crippen LogP contribution in [0.2, 0.25) is 0 Å². The number of benzene rings is 5. The maximum Gasteiger partial charge on any atom is 0.258 e. The topological polar surface area (TPSA) is 84.1 Å². The third-order valence-electron chi connectivity index (χ3n) is 9.73. The van der Waals surface area contributed by atoms with E-state index in [-0.39, 0.29) is 24.0 Å². The number of amides is 2. The molecule has 2 fully saturated rings. The molecule has 0 spiro atoms. The Bertz CT molecular complexity index is 1840. The van der Waals surface area contributed by atoms with Gasteiger partial charge in [-0.3, -0.25) is 9.59 Å². The molecule has 0 radical (unpaired) electrons. The Morgan fingerprint density at radius 1 is 0.556 bits per heavy atom. The zero-order valence-corrected chi connectivity index (χ0v) is 31.1. The molecule has 2 amide bonds. The van der Waals surface area contributed by atoms with Crippen LogP contribution in [-0.4, -0.2) is 63.5 Å². The van der Waals surface area contributed by atoms with Crippen molar-refractivity contribution >= 4 is 23.2 Å². The van der Waals surface area contributed by atoms with Gasteiger partial charge in [-0.25, -0.2) is 0 Å². The maximum absolute atomic E-state index is 14.1. The van der Waals surface area contributed by atoms with Gasteiger partial charge in [0.05, 0.1) is 13.2 Å². The molecule has 0 bridgehead atoms. The van der Waals surface area contributed by atoms with E-state index in [0.717, 1.165) is 84.0 Å². The molecule has 0 aromatic heterocycles. The van der Waals surface area contributed by atoms with E-state index in [0.29, 0.717) is 37.4 Å². The van der Waals surface area contributed by atoms with E-state index in [4.69, 9.17) is 18.9 Å². The van der Waals surface area contributed by atoms with Gasteiger partial charge in [0.15, 0.2) is 0 Å². The summed E-state index contributed by atoms with van der Waals surface area (Å²) in [4.78, 5) is 31.9. The highest BCUT2D eigenvalue weighted by Gasteiger charge is 2.24. The van der Waals surface area contributed by atoms with Gasteiger partial charge in [-0.1, -0.05) is 81.3 Å². The minimum atomic E-state index is -0.0725. The number of nitrogens with zero attached hydrogens (tertiary/aromatic N) is 2. The van der Waals surface area contributed by atoms with Crippen molar-refractivity contribution < 1.29 is 28.5 Å². The predicted octanol–water partition coefficient (Wildman–Crippen LogP) is 9.47. The largest absolute Gasteiger partial charge is 0.491 e. The molecule has 2 aliphatic rings. The first kappa shape index (κ1) is 36.9. The van der Waals surface area contributed by atoms with Crippen molar-refractivity contribution in [3.05, 3.63) is 132 Å². The van der Waals surface area contributed by atoms with E-state index >= 15 is 0 Å². The Balaban J connectivity index is 1.06. The fourth-order valence-electron chi connectivity index (χ4n) is 6.27. The first-order valence-electron chi connectivity index (χ1n) is 19.1. The van der Waals surface area contributed by atoms with Gasteiger partial charge in [-0.15, -0.1) is 0 Å². The normalized spacial score (nSPS) is 15.7. The quantitative estimate of drug-likeness (QED) is 0.0838. The number of unbranched alkanes of at least 4 members (excludes halogenated alkanes) is 2. The van der Waals surface area contributed by atoms with Crippen LogP contribution in [0.1, 0.15) is 60.2 Å². The molecule has 8 nitrogen and oxygen atoms in total. The summed E-state index contributed by atoms with van der Waals surface area (Å²) < 4.78 is 22.0. The lowest BCUT2D eigenvalue weighted by Gasteiger charge is -2.27. The van der Waals surface area contributed by atoms with E-state index in [2.05, 4.69) is 13.8 Å². The molecule has 5 aromatic carbocycles. The van der Waals surface area contributed by atoms with Gasteiger partial charge in [0.1, 0.15) is 36.9 Å². The molecule has 2 unspecified atom stereocenters. The van der Waals surface area contributed by atoms with Crippen molar-refractivity contribution in [3.63, 3.8) is 0 Å². The molecule has 5 aromatic rings. The lowest BCUT2D eigenvalue weighted by molar-refractivity contribution is 0.0980. The molecule has 54 heavy (non-hydrogen) atoms. The highest BCUT2D eigenvalue weighted by Crippen LogP contribution is 2.29. The van der Waals surface area contributed by atoms with Gasteiger partial charge in [0.25, 0.3) is 11.8 Å². The fraction of sp³-hybridized carbons (Fsp3) is 0.304. The second-order valence-corrected chi connectivity index (χ2v) is 13.9. The third-order valence-corrected chi connectivity index (χ3v) is 9.73. The fourth-order valence-corrected chi connectivity index (χ4v) is 6.27. The van der Waals surface area contributed by atoms with Crippen LogP contribution in [0.25, 0.3) is 22.3 Å². The Kier molecular flexibility index (Phi) is 12.0. The monoisotopic (exact) mass is 724 g/mol. The summed E-state index contributed by atoms with van der Waals surface area (Å²) in [5.74, 6) is 1.48. The van der Waals surface area contributed by atoms with Crippen molar-refractivity contribution in [3.8, 4) is 33.8 Å². The summed E-state index contributed by atoms with van der Waals surface area (Å²) >= 11 is 0. The van der Waals surface area contributed by atoms with Crippen LogP contribution in [0.3, 0.4) is 0 Å². The van der Waals surface area contributed by atoms with Crippen molar-refractivity contribution in [1.29, 1.82) is 0 Å². The smallest absolute Gasteiger partial charge is 0.258 e. The highest BCUT2D eigenvalue weighted by atomic mass is 16.6. The number of ether oxygens (including phenoxy) is 4. The molecule has 8 heteroatoms. The molecule has 7 rings (SSSR count). The van der Waals surface area contributed by atoms with Crippen LogP contribution in [0.15, 0.2) is 121 Å². The van der Waals surface area contributed by atoms with Crippen molar-refractivity contribution in [2.75, 3.05) is 49.3 Å². The zero-order chi connectivity index (χ0) is 37.3. The van der Waals surface area contributed by atoms with Crippen molar-refractivity contribution in [2.24, 2.45) is 0 Å². The Morgan fingerprint density at radius 3 is 1.24 bits per heavy atom. The van der Waals surface area contributed by atoms with Crippen LogP contribution >= 0.6 is 0 Å². The molecular formula is C46H48N2O6. The molecule has 2 heterocycles. The number of anilines is 2. The standard InChI is InChI=1S/C46H48N2O6/c1-3-5-26-47(45(49)37-14-10-33(11-15-37)35-18-22-41(23-19-35)51-29-43-31-53-43)39-8-7-9-40(28-39)48(27-6-4-2)46(50)38-16-12-34(13-17-38)36-20-24-42(25-21-36)52-30-44-32-54-44/h7-25,28,43-44H,3-6,26-27,29-32H2,1-2H3. The number of carbonyl (C=O) groups is 2. The lowest BCUT2D eigenvalue weighted by Crippen LogP contribution is -2.34. The van der Waals surface area contributed by atoms with E-state index in [1.807, 2.05) is 131 Å². The molecule has 0 aliphatic carbocycles. The molecule has 0 saturated carbocycles. The van der Waals surface area contributed by atoms with Crippen LogP contribution in [-0.2, 0) is 9.47 Å². The number of epoxide rings is 2. The van der Waals surface area contributed by atoms with E-state index in [1.54, 1.807) is 0 Å². The first-order chi connectivity index (χ1) is 26.5. The molecule has 2 aliphatic heterocycles. The van der Waals surface area contributed by atoms with Crippen LogP contribution in [0.5, 0.6) is 11.5 Å².